The standard InChI is InChI=1S/C37H67N9O11S2/c1-7-20(2)28(35(54)43-26(37(56)57)14-18-59-6)45-32(51)24(11-8-9-15-38)42-36(55)29(22(4)48)46-33(52)25(13-17-58-5)41-34(53)27(19-47)44-30(49)21(3)40-31(50)23-12-10-16-39-23/h20-29,39,47-48H,7-19,38H2,1-6H3,(H,40,50)(H,41,53)(H,42,55)(H,43,54)(H,44,49)(H,45,51)(H,46,52)(H,56,57)/t20-,21-,22+,23-,24-,25-,26-,27-,28-,29-/m0/s1. The fourth-order valence-electron chi connectivity index (χ4n) is 5.95. The zero-order valence-electron chi connectivity index (χ0n) is 35.0. The summed E-state index contributed by atoms with van der Waals surface area (Å²) < 4.78 is 0. The summed E-state index contributed by atoms with van der Waals surface area (Å²) in [6.07, 6.45) is 5.06. The largest absolute Gasteiger partial charge is 0.480 e. The molecule has 0 aromatic heterocycles. The predicted molar refractivity (Wildman–Crippen MR) is 225 cm³/mol. The zero-order valence-corrected chi connectivity index (χ0v) is 36.6. The molecule has 1 aliphatic rings. The molecular weight excluding hydrogens is 811 g/mol. The number of aliphatic hydroxyl groups excluding tert-OH is 2. The minimum atomic E-state index is -1.63. The second-order valence-electron chi connectivity index (χ2n) is 14.6. The quantitative estimate of drug-likeness (QED) is 0.0340. The maximum absolute atomic E-state index is 13.8. The molecule has 1 aliphatic heterocycles. The van der Waals surface area contributed by atoms with Crippen molar-refractivity contribution >= 4 is 70.8 Å². The van der Waals surface area contributed by atoms with Crippen LogP contribution in [-0.2, 0) is 38.4 Å². The summed E-state index contributed by atoms with van der Waals surface area (Å²) in [5.41, 5.74) is 5.66. The summed E-state index contributed by atoms with van der Waals surface area (Å²) in [5.74, 6) is -6.18. The Kier molecular flexibility index (Phi) is 25.9. The second-order valence-corrected chi connectivity index (χ2v) is 16.6. The minimum absolute atomic E-state index is 0.0447. The first-order chi connectivity index (χ1) is 27.9. The van der Waals surface area contributed by atoms with Crippen LogP contribution in [0, 0.1) is 5.92 Å². The third-order valence-electron chi connectivity index (χ3n) is 9.85. The molecule has 0 aromatic rings. The van der Waals surface area contributed by atoms with Crippen molar-refractivity contribution in [3.63, 3.8) is 0 Å². The van der Waals surface area contributed by atoms with Gasteiger partial charge in [0.05, 0.1) is 18.8 Å². The van der Waals surface area contributed by atoms with Crippen molar-refractivity contribution < 1.29 is 53.7 Å². The lowest BCUT2D eigenvalue weighted by atomic mass is 9.96. The van der Waals surface area contributed by atoms with Crippen LogP contribution < -0.4 is 48.3 Å². The zero-order chi connectivity index (χ0) is 44.7. The highest BCUT2D eigenvalue weighted by atomic mass is 32.2. The average molecular weight is 878 g/mol. The number of nitrogens with one attached hydrogen (secondary N) is 8. The molecule has 22 heteroatoms. The molecule has 59 heavy (non-hydrogen) atoms. The Morgan fingerprint density at radius 3 is 1.71 bits per heavy atom. The van der Waals surface area contributed by atoms with Gasteiger partial charge in [0.2, 0.25) is 41.4 Å². The first-order valence-electron chi connectivity index (χ1n) is 20.0. The Morgan fingerprint density at radius 1 is 0.695 bits per heavy atom. The first-order valence-corrected chi connectivity index (χ1v) is 22.8. The molecule has 0 aliphatic carbocycles. The first kappa shape index (κ1) is 53.3. The molecular formula is C37H67N9O11S2. The van der Waals surface area contributed by atoms with E-state index in [-0.39, 0.29) is 31.7 Å². The van der Waals surface area contributed by atoms with E-state index in [2.05, 4.69) is 42.5 Å². The van der Waals surface area contributed by atoms with E-state index < -0.39 is 108 Å². The molecule has 0 saturated carbocycles. The number of unbranched alkanes of at least 4 members (excludes halogenated alkanes) is 1. The highest BCUT2D eigenvalue weighted by Crippen LogP contribution is 2.12. The molecule has 0 radical (unpaired) electrons. The number of nitrogens with two attached hydrogens (primary N) is 1. The third-order valence-corrected chi connectivity index (χ3v) is 11.1. The summed E-state index contributed by atoms with van der Waals surface area (Å²) in [4.78, 5) is 105. The predicted octanol–water partition coefficient (Wildman–Crippen LogP) is -2.71. The van der Waals surface area contributed by atoms with Gasteiger partial charge >= 0.3 is 5.97 Å². The SMILES string of the molecule is CC[C@H](C)[C@H](NC(=O)[C@H](CCCCN)NC(=O)[C@@H](NC(=O)[C@H](CCSC)NC(=O)[C@H](CO)NC(=O)[C@H](C)NC(=O)[C@@H]1CCCN1)[C@@H](C)O)C(=O)N[C@@H](CCSC)C(=O)O. The van der Waals surface area contributed by atoms with Crippen molar-refractivity contribution in [2.24, 2.45) is 11.7 Å². The van der Waals surface area contributed by atoms with E-state index in [0.29, 0.717) is 43.7 Å². The molecule has 1 heterocycles. The van der Waals surface area contributed by atoms with E-state index in [9.17, 15) is 53.7 Å². The van der Waals surface area contributed by atoms with Crippen molar-refractivity contribution in [3.8, 4) is 0 Å². The Labute approximate surface area is 355 Å². The fraction of sp³-hybridized carbons (Fsp3) is 0.784. The van der Waals surface area contributed by atoms with Gasteiger partial charge in [0.1, 0.15) is 42.3 Å². The smallest absolute Gasteiger partial charge is 0.326 e. The van der Waals surface area contributed by atoms with Crippen molar-refractivity contribution in [3.05, 3.63) is 0 Å². The lowest BCUT2D eigenvalue weighted by Gasteiger charge is -2.29. The molecule has 7 amide bonds. The average Bonchev–Trinajstić information content (AvgIpc) is 3.75. The highest BCUT2D eigenvalue weighted by molar-refractivity contribution is 7.98. The molecule has 0 unspecified atom stereocenters. The summed E-state index contributed by atoms with van der Waals surface area (Å²) in [5, 5.41) is 50.9. The molecule has 1 rings (SSSR count). The third kappa shape index (κ3) is 19.0. The van der Waals surface area contributed by atoms with Crippen LogP contribution in [0.15, 0.2) is 0 Å². The van der Waals surface area contributed by atoms with Crippen LogP contribution >= 0.6 is 23.5 Å². The van der Waals surface area contributed by atoms with Crippen molar-refractivity contribution in [2.45, 2.75) is 134 Å². The van der Waals surface area contributed by atoms with E-state index in [1.807, 2.05) is 0 Å². The maximum Gasteiger partial charge on any atom is 0.326 e. The van der Waals surface area contributed by atoms with E-state index in [0.717, 1.165) is 6.42 Å². The van der Waals surface area contributed by atoms with Crippen molar-refractivity contribution in [1.29, 1.82) is 0 Å². The number of rotatable bonds is 29. The number of amides is 7. The number of carboxylic acid groups (broad SMARTS) is 1. The van der Waals surface area contributed by atoms with Crippen LogP contribution in [0.4, 0.5) is 0 Å². The van der Waals surface area contributed by atoms with Gasteiger partial charge in [0.15, 0.2) is 0 Å². The van der Waals surface area contributed by atoms with Gasteiger partial charge in [-0.2, -0.15) is 23.5 Å². The van der Waals surface area contributed by atoms with E-state index in [1.54, 1.807) is 26.4 Å². The molecule has 1 fully saturated rings. The Morgan fingerprint density at radius 2 is 1.20 bits per heavy atom. The molecule has 0 bridgehead atoms. The molecule has 13 N–H and O–H groups in total. The van der Waals surface area contributed by atoms with Gasteiger partial charge < -0.3 is 63.6 Å². The molecule has 1 saturated heterocycles. The summed E-state index contributed by atoms with van der Waals surface area (Å²) in [6.45, 7) is 6.28. The van der Waals surface area contributed by atoms with Crippen LogP contribution in [0.2, 0.25) is 0 Å². The molecule has 338 valence electrons. The Bertz CT molecular complexity index is 1390. The fourth-order valence-corrected chi connectivity index (χ4v) is 6.89. The normalized spacial score (nSPS) is 18.3. The van der Waals surface area contributed by atoms with Crippen LogP contribution in [0.25, 0.3) is 0 Å². The molecule has 20 nitrogen and oxygen atoms in total. The van der Waals surface area contributed by atoms with Gasteiger partial charge in [0.25, 0.3) is 0 Å². The monoisotopic (exact) mass is 877 g/mol. The number of aliphatic carboxylic acids is 1. The summed E-state index contributed by atoms with van der Waals surface area (Å²) in [6, 6.07) is -9.54. The Balaban J connectivity index is 3.17. The number of hydrogen-bond donors (Lipinski definition) is 12. The van der Waals surface area contributed by atoms with Crippen molar-refractivity contribution in [2.75, 3.05) is 43.7 Å². The van der Waals surface area contributed by atoms with Gasteiger partial charge in [-0.25, -0.2) is 4.79 Å². The minimum Gasteiger partial charge on any atom is -0.480 e. The molecule has 0 aromatic carbocycles. The number of carboxylic acids is 1. The molecule has 10 atom stereocenters. The van der Waals surface area contributed by atoms with Gasteiger partial charge in [-0.05, 0) is 102 Å². The topological polar surface area (TPSA) is 320 Å². The summed E-state index contributed by atoms with van der Waals surface area (Å²) >= 11 is 2.77. The van der Waals surface area contributed by atoms with E-state index >= 15 is 0 Å². The van der Waals surface area contributed by atoms with Gasteiger partial charge in [-0.15, -0.1) is 0 Å². The van der Waals surface area contributed by atoms with Gasteiger partial charge in [0, 0.05) is 0 Å². The lowest BCUT2D eigenvalue weighted by Crippen LogP contribution is -2.62. The van der Waals surface area contributed by atoms with E-state index in [4.69, 9.17) is 5.73 Å². The second kappa shape index (κ2) is 28.7. The van der Waals surface area contributed by atoms with Crippen LogP contribution in [0.5, 0.6) is 0 Å². The number of carbonyl (C=O) groups is 8. The number of aliphatic hydroxyl groups is 2. The van der Waals surface area contributed by atoms with Crippen LogP contribution in [-0.4, -0.2) is 161 Å². The summed E-state index contributed by atoms with van der Waals surface area (Å²) in [7, 11) is 0. The van der Waals surface area contributed by atoms with Gasteiger partial charge in [-0.3, -0.25) is 33.6 Å². The number of thioether (sulfide) groups is 2. The van der Waals surface area contributed by atoms with Crippen molar-refractivity contribution in [1.82, 2.24) is 42.5 Å². The number of hydrogen-bond acceptors (Lipinski definition) is 14. The molecule has 0 spiro atoms. The van der Waals surface area contributed by atoms with Crippen LogP contribution in [0.1, 0.15) is 79.1 Å². The van der Waals surface area contributed by atoms with E-state index in [1.165, 1.54) is 37.4 Å². The number of carbonyl (C=O) groups excluding carboxylic acids is 7. The maximum atomic E-state index is 13.8. The van der Waals surface area contributed by atoms with Crippen LogP contribution in [0.3, 0.4) is 0 Å². The van der Waals surface area contributed by atoms with Gasteiger partial charge in [-0.1, -0.05) is 20.3 Å². The lowest BCUT2D eigenvalue weighted by molar-refractivity contribution is -0.142. The highest BCUT2D eigenvalue weighted by Gasteiger charge is 2.36. The Hall–Kier alpha value is -3.70.